The van der Waals surface area contributed by atoms with Crippen LogP contribution >= 0.6 is 0 Å². The molecule has 34 heavy (non-hydrogen) atoms. The number of carbonyl (C=O) groups excluding carboxylic acids is 1. The Morgan fingerprint density at radius 3 is 2.12 bits per heavy atom. The standard InChI is InChI=1S/C24H29N5O5/c1-15-12-21(28-17-6-8-18(31-2)9-7-17)29-24(27-15)26-11-10-25-23(30)16-13-19(32-3)22(34-5)20(14-16)33-4/h6-9,12-14H,10-11H2,1-5H3,(H,25,30)(H2,26,27,28,29). The summed E-state index contributed by atoms with van der Waals surface area (Å²) in [6, 6.07) is 12.6. The highest BCUT2D eigenvalue weighted by atomic mass is 16.5. The lowest BCUT2D eigenvalue weighted by Gasteiger charge is -2.14. The molecule has 3 aromatic rings. The van der Waals surface area contributed by atoms with Crippen molar-refractivity contribution in [3.63, 3.8) is 0 Å². The van der Waals surface area contributed by atoms with Crippen LogP contribution in [-0.2, 0) is 0 Å². The number of amides is 1. The van der Waals surface area contributed by atoms with Gasteiger partial charge in [0.2, 0.25) is 11.7 Å². The Morgan fingerprint density at radius 1 is 0.853 bits per heavy atom. The van der Waals surface area contributed by atoms with Gasteiger partial charge in [-0.15, -0.1) is 0 Å². The molecule has 0 saturated heterocycles. The maximum absolute atomic E-state index is 12.6. The number of methoxy groups -OCH3 is 4. The molecule has 0 saturated carbocycles. The van der Waals surface area contributed by atoms with Crippen molar-refractivity contribution in [2.75, 3.05) is 52.2 Å². The first-order chi connectivity index (χ1) is 16.5. The molecule has 10 nitrogen and oxygen atoms in total. The Kier molecular flexibility index (Phi) is 8.33. The largest absolute Gasteiger partial charge is 0.497 e. The molecule has 0 aliphatic heterocycles. The first-order valence-corrected chi connectivity index (χ1v) is 10.6. The highest BCUT2D eigenvalue weighted by Crippen LogP contribution is 2.38. The van der Waals surface area contributed by atoms with Crippen LogP contribution in [0.3, 0.4) is 0 Å². The highest BCUT2D eigenvalue weighted by molar-refractivity contribution is 5.95. The summed E-state index contributed by atoms with van der Waals surface area (Å²) in [6.07, 6.45) is 0. The number of hydrogen-bond donors (Lipinski definition) is 3. The van der Waals surface area contributed by atoms with Crippen LogP contribution in [0, 0.1) is 6.92 Å². The summed E-state index contributed by atoms with van der Waals surface area (Å²) in [5.74, 6) is 2.87. The lowest BCUT2D eigenvalue weighted by Crippen LogP contribution is -2.29. The lowest BCUT2D eigenvalue weighted by molar-refractivity contribution is 0.0954. The number of carbonyl (C=O) groups is 1. The van der Waals surface area contributed by atoms with Crippen molar-refractivity contribution in [2.45, 2.75) is 6.92 Å². The fraction of sp³-hybridized carbons (Fsp3) is 0.292. The number of rotatable bonds is 11. The summed E-state index contributed by atoms with van der Waals surface area (Å²) in [6.45, 7) is 2.67. The minimum Gasteiger partial charge on any atom is -0.497 e. The van der Waals surface area contributed by atoms with Crippen molar-refractivity contribution in [3.8, 4) is 23.0 Å². The molecule has 0 aliphatic rings. The van der Waals surface area contributed by atoms with Crippen molar-refractivity contribution >= 4 is 23.4 Å². The van der Waals surface area contributed by atoms with Gasteiger partial charge in [-0.3, -0.25) is 4.79 Å². The molecule has 180 valence electrons. The first-order valence-electron chi connectivity index (χ1n) is 10.6. The number of benzene rings is 2. The molecule has 1 amide bonds. The molecular formula is C24H29N5O5. The van der Waals surface area contributed by atoms with E-state index in [1.807, 2.05) is 37.3 Å². The van der Waals surface area contributed by atoms with Gasteiger partial charge in [0.15, 0.2) is 11.5 Å². The van der Waals surface area contributed by atoms with Crippen molar-refractivity contribution < 1.29 is 23.7 Å². The third kappa shape index (κ3) is 6.18. The second-order valence-corrected chi connectivity index (χ2v) is 7.17. The van der Waals surface area contributed by atoms with E-state index in [-0.39, 0.29) is 5.91 Å². The van der Waals surface area contributed by atoms with Crippen molar-refractivity contribution in [2.24, 2.45) is 0 Å². The minimum atomic E-state index is -0.270. The van der Waals surface area contributed by atoms with Crippen LogP contribution < -0.4 is 34.9 Å². The topological polar surface area (TPSA) is 116 Å². The van der Waals surface area contributed by atoms with Crippen LogP contribution in [0.2, 0.25) is 0 Å². The zero-order valence-corrected chi connectivity index (χ0v) is 19.9. The van der Waals surface area contributed by atoms with Crippen LogP contribution in [0.15, 0.2) is 42.5 Å². The number of nitrogens with one attached hydrogen (secondary N) is 3. The molecular weight excluding hydrogens is 438 g/mol. The molecule has 0 atom stereocenters. The average Bonchev–Trinajstić information content (AvgIpc) is 2.85. The Bertz CT molecular complexity index is 1100. The van der Waals surface area contributed by atoms with E-state index in [1.165, 1.54) is 21.3 Å². The third-order valence-electron chi connectivity index (χ3n) is 4.84. The van der Waals surface area contributed by atoms with Gasteiger partial charge < -0.3 is 34.9 Å². The number of aryl methyl sites for hydroxylation is 1. The molecule has 3 N–H and O–H groups in total. The van der Waals surface area contributed by atoms with Gasteiger partial charge in [-0.1, -0.05) is 0 Å². The van der Waals surface area contributed by atoms with Crippen LogP contribution in [0.1, 0.15) is 16.1 Å². The molecule has 0 fully saturated rings. The predicted octanol–water partition coefficient (Wildman–Crippen LogP) is 3.40. The minimum absolute atomic E-state index is 0.270. The smallest absolute Gasteiger partial charge is 0.251 e. The van der Waals surface area contributed by atoms with Gasteiger partial charge in [-0.25, -0.2) is 4.98 Å². The van der Waals surface area contributed by atoms with E-state index >= 15 is 0 Å². The summed E-state index contributed by atoms with van der Waals surface area (Å²) >= 11 is 0. The highest BCUT2D eigenvalue weighted by Gasteiger charge is 2.16. The van der Waals surface area contributed by atoms with E-state index in [0.29, 0.717) is 47.7 Å². The second kappa shape index (κ2) is 11.6. The monoisotopic (exact) mass is 467 g/mol. The van der Waals surface area contributed by atoms with Gasteiger partial charge in [-0.2, -0.15) is 4.98 Å². The lowest BCUT2D eigenvalue weighted by atomic mass is 10.1. The summed E-state index contributed by atoms with van der Waals surface area (Å²) < 4.78 is 21.1. The number of aromatic nitrogens is 2. The van der Waals surface area contributed by atoms with E-state index in [4.69, 9.17) is 18.9 Å². The Morgan fingerprint density at radius 2 is 1.53 bits per heavy atom. The van der Waals surface area contributed by atoms with E-state index < -0.39 is 0 Å². The molecule has 3 rings (SSSR count). The van der Waals surface area contributed by atoms with Crippen molar-refractivity contribution in [1.82, 2.24) is 15.3 Å². The summed E-state index contributed by atoms with van der Waals surface area (Å²) in [5, 5.41) is 9.23. The molecule has 1 aromatic heterocycles. The van der Waals surface area contributed by atoms with Crippen LogP contribution in [-0.4, -0.2) is 57.4 Å². The SMILES string of the molecule is COc1ccc(Nc2cc(C)nc(NCCNC(=O)c3cc(OC)c(OC)c(OC)c3)n2)cc1. The number of ether oxygens (including phenoxy) is 4. The normalized spacial score (nSPS) is 10.3. The number of hydrogen-bond acceptors (Lipinski definition) is 9. The van der Waals surface area contributed by atoms with Gasteiger partial charge in [0, 0.05) is 36.1 Å². The Labute approximate surface area is 198 Å². The van der Waals surface area contributed by atoms with Crippen molar-refractivity contribution in [3.05, 3.63) is 53.7 Å². The van der Waals surface area contributed by atoms with Crippen LogP contribution in [0.5, 0.6) is 23.0 Å². The maximum atomic E-state index is 12.6. The van der Waals surface area contributed by atoms with E-state index in [9.17, 15) is 4.79 Å². The fourth-order valence-electron chi connectivity index (χ4n) is 3.20. The summed E-state index contributed by atoms with van der Waals surface area (Å²) in [5.41, 5.74) is 2.07. The summed E-state index contributed by atoms with van der Waals surface area (Å²) in [4.78, 5) is 21.5. The summed E-state index contributed by atoms with van der Waals surface area (Å²) in [7, 11) is 6.14. The molecule has 0 unspecified atom stereocenters. The van der Waals surface area contributed by atoms with E-state index in [2.05, 4.69) is 25.9 Å². The van der Waals surface area contributed by atoms with Crippen LogP contribution in [0.4, 0.5) is 17.5 Å². The fourth-order valence-corrected chi connectivity index (χ4v) is 3.20. The maximum Gasteiger partial charge on any atom is 0.251 e. The predicted molar refractivity (Wildman–Crippen MR) is 130 cm³/mol. The van der Waals surface area contributed by atoms with Crippen molar-refractivity contribution in [1.29, 1.82) is 0 Å². The average molecular weight is 468 g/mol. The number of nitrogens with zero attached hydrogens (tertiary/aromatic N) is 2. The van der Waals surface area contributed by atoms with Gasteiger partial charge in [0.05, 0.1) is 28.4 Å². The molecule has 2 aromatic carbocycles. The van der Waals surface area contributed by atoms with E-state index in [0.717, 1.165) is 17.1 Å². The molecule has 0 radical (unpaired) electrons. The molecule has 0 aliphatic carbocycles. The first kappa shape index (κ1) is 24.4. The quantitative estimate of drug-likeness (QED) is 0.365. The van der Waals surface area contributed by atoms with E-state index in [1.54, 1.807) is 19.2 Å². The molecule has 0 bridgehead atoms. The van der Waals surface area contributed by atoms with Gasteiger partial charge in [0.25, 0.3) is 5.91 Å². The molecule has 1 heterocycles. The van der Waals surface area contributed by atoms with Gasteiger partial charge in [-0.05, 0) is 43.3 Å². The molecule has 0 spiro atoms. The van der Waals surface area contributed by atoms with Gasteiger partial charge >= 0.3 is 0 Å². The zero-order chi connectivity index (χ0) is 24.5. The molecule has 10 heteroatoms. The Balaban J connectivity index is 1.57. The third-order valence-corrected chi connectivity index (χ3v) is 4.84. The van der Waals surface area contributed by atoms with Crippen LogP contribution in [0.25, 0.3) is 0 Å². The van der Waals surface area contributed by atoms with Gasteiger partial charge in [0.1, 0.15) is 11.6 Å². The number of anilines is 3. The Hall–Kier alpha value is -4.21. The second-order valence-electron chi connectivity index (χ2n) is 7.17. The zero-order valence-electron chi connectivity index (χ0n) is 19.9.